The van der Waals surface area contributed by atoms with Crippen LogP contribution < -0.4 is 0 Å². The molecule has 0 fully saturated rings. The van der Waals surface area contributed by atoms with Crippen molar-refractivity contribution < 1.29 is 0 Å². The van der Waals surface area contributed by atoms with Crippen molar-refractivity contribution in [1.29, 1.82) is 0 Å². The summed E-state index contributed by atoms with van der Waals surface area (Å²) in [5.74, 6) is 1.60. The van der Waals surface area contributed by atoms with Crippen LogP contribution in [0.1, 0.15) is 24.3 Å². The van der Waals surface area contributed by atoms with Gasteiger partial charge in [0.1, 0.15) is 6.33 Å². The topological polar surface area (TPSA) is 30.7 Å². The molecule has 0 aliphatic heterocycles. The van der Waals surface area contributed by atoms with E-state index in [1.165, 1.54) is 15.3 Å². The highest BCUT2D eigenvalue weighted by atomic mass is 32.1. The molecule has 0 amide bonds. The molecule has 3 nitrogen and oxygen atoms in total. The quantitative estimate of drug-likeness (QED) is 0.817. The van der Waals surface area contributed by atoms with E-state index in [1.807, 2.05) is 6.33 Å². The monoisotopic (exact) mass is 235 g/mol. The lowest BCUT2D eigenvalue weighted by Crippen LogP contribution is -2.04. The van der Waals surface area contributed by atoms with Crippen LogP contribution >= 0.6 is 11.3 Å². The van der Waals surface area contributed by atoms with E-state index in [9.17, 15) is 0 Å². The normalized spacial score (nSPS) is 11.3. The molecule has 0 unspecified atom stereocenters. The molecule has 2 aromatic rings. The summed E-state index contributed by atoms with van der Waals surface area (Å²) in [7, 11) is 0. The highest BCUT2D eigenvalue weighted by molar-refractivity contribution is 7.15. The second-order valence-electron chi connectivity index (χ2n) is 4.55. The average Bonchev–Trinajstić information content (AvgIpc) is 2.74. The van der Waals surface area contributed by atoms with Gasteiger partial charge in [-0.3, -0.25) is 0 Å². The largest absolute Gasteiger partial charge is 0.313 e. The Bertz CT molecular complexity index is 463. The molecule has 2 aromatic heterocycles. The predicted octanol–water partition coefficient (Wildman–Crippen LogP) is 3.28. The Morgan fingerprint density at radius 1 is 1.38 bits per heavy atom. The fourth-order valence-corrected chi connectivity index (χ4v) is 2.69. The van der Waals surface area contributed by atoms with Gasteiger partial charge in [-0.25, -0.2) is 0 Å². The second-order valence-corrected chi connectivity index (χ2v) is 5.81. The van der Waals surface area contributed by atoms with Crippen LogP contribution in [-0.2, 0) is 6.54 Å². The van der Waals surface area contributed by atoms with E-state index < -0.39 is 0 Å². The molecule has 0 aromatic carbocycles. The number of thiophene rings is 1. The van der Waals surface area contributed by atoms with Gasteiger partial charge in [-0.1, -0.05) is 13.8 Å². The van der Waals surface area contributed by atoms with Crippen molar-refractivity contribution in [2.75, 3.05) is 0 Å². The number of nitrogens with zero attached hydrogens (tertiary/aromatic N) is 3. The van der Waals surface area contributed by atoms with Crippen LogP contribution in [0.25, 0.3) is 10.7 Å². The SMILES string of the molecule is Cc1cc(-c2nncn2CC(C)C)sc1C. The Hall–Kier alpha value is -1.16. The van der Waals surface area contributed by atoms with Crippen molar-refractivity contribution in [2.45, 2.75) is 34.2 Å². The summed E-state index contributed by atoms with van der Waals surface area (Å²) >= 11 is 1.79. The van der Waals surface area contributed by atoms with Gasteiger partial charge in [0, 0.05) is 11.4 Å². The smallest absolute Gasteiger partial charge is 0.173 e. The molecule has 0 N–H and O–H groups in total. The zero-order valence-corrected chi connectivity index (χ0v) is 11.0. The van der Waals surface area contributed by atoms with Crippen molar-refractivity contribution in [1.82, 2.24) is 14.8 Å². The van der Waals surface area contributed by atoms with E-state index in [-0.39, 0.29) is 0 Å². The van der Waals surface area contributed by atoms with Crippen LogP contribution in [0.15, 0.2) is 12.4 Å². The molecule has 0 bridgehead atoms. The minimum atomic E-state index is 0.608. The van der Waals surface area contributed by atoms with Gasteiger partial charge in [0.2, 0.25) is 0 Å². The van der Waals surface area contributed by atoms with Gasteiger partial charge in [0.05, 0.1) is 4.88 Å². The van der Waals surface area contributed by atoms with Crippen molar-refractivity contribution in [3.05, 3.63) is 22.8 Å². The van der Waals surface area contributed by atoms with Gasteiger partial charge in [0.15, 0.2) is 5.82 Å². The molecule has 0 saturated heterocycles. The first-order chi connectivity index (χ1) is 7.58. The molecule has 0 atom stereocenters. The molecule has 0 saturated carbocycles. The summed E-state index contributed by atoms with van der Waals surface area (Å²) in [6.45, 7) is 9.66. The van der Waals surface area contributed by atoms with Gasteiger partial charge in [0.25, 0.3) is 0 Å². The summed E-state index contributed by atoms with van der Waals surface area (Å²) in [4.78, 5) is 2.57. The standard InChI is InChI=1S/C12H17N3S/c1-8(2)6-15-7-13-14-12(15)11-5-9(3)10(4)16-11/h5,7-8H,6H2,1-4H3. The molecule has 0 spiro atoms. The van der Waals surface area contributed by atoms with Crippen LogP contribution in [0.5, 0.6) is 0 Å². The summed E-state index contributed by atoms with van der Waals surface area (Å²) in [5.41, 5.74) is 1.33. The zero-order chi connectivity index (χ0) is 11.7. The van der Waals surface area contributed by atoms with E-state index in [1.54, 1.807) is 11.3 Å². The second kappa shape index (κ2) is 4.37. The third-order valence-corrected chi connectivity index (χ3v) is 3.71. The van der Waals surface area contributed by atoms with Gasteiger partial charge in [-0.2, -0.15) is 0 Å². The zero-order valence-electron chi connectivity index (χ0n) is 10.2. The third-order valence-electron chi connectivity index (χ3n) is 2.56. The highest BCUT2D eigenvalue weighted by Gasteiger charge is 2.11. The molecule has 4 heteroatoms. The predicted molar refractivity (Wildman–Crippen MR) is 67.6 cm³/mol. The lowest BCUT2D eigenvalue weighted by atomic mass is 10.2. The fraction of sp³-hybridized carbons (Fsp3) is 0.500. The number of hydrogen-bond donors (Lipinski definition) is 0. The lowest BCUT2D eigenvalue weighted by molar-refractivity contribution is 0.525. The van der Waals surface area contributed by atoms with Crippen LogP contribution in [0.3, 0.4) is 0 Å². The molecular weight excluding hydrogens is 218 g/mol. The highest BCUT2D eigenvalue weighted by Crippen LogP contribution is 2.29. The van der Waals surface area contributed by atoms with Crippen molar-refractivity contribution in [3.8, 4) is 10.7 Å². The first-order valence-electron chi connectivity index (χ1n) is 5.53. The average molecular weight is 235 g/mol. The van der Waals surface area contributed by atoms with Gasteiger partial charge in [-0.05, 0) is 31.4 Å². The van der Waals surface area contributed by atoms with Crippen LogP contribution in [0.2, 0.25) is 0 Å². The Labute approximate surface area is 100 Å². The van der Waals surface area contributed by atoms with Crippen LogP contribution in [-0.4, -0.2) is 14.8 Å². The first kappa shape index (κ1) is 11.3. The van der Waals surface area contributed by atoms with Gasteiger partial charge >= 0.3 is 0 Å². The molecule has 2 rings (SSSR count). The number of hydrogen-bond acceptors (Lipinski definition) is 3. The molecule has 16 heavy (non-hydrogen) atoms. The maximum absolute atomic E-state index is 4.22. The maximum Gasteiger partial charge on any atom is 0.173 e. The number of rotatable bonds is 3. The number of aryl methyl sites for hydroxylation is 2. The Kier molecular flexibility index (Phi) is 3.10. The van der Waals surface area contributed by atoms with Crippen molar-refractivity contribution in [3.63, 3.8) is 0 Å². The Morgan fingerprint density at radius 2 is 2.12 bits per heavy atom. The van der Waals surface area contributed by atoms with Crippen molar-refractivity contribution >= 4 is 11.3 Å². The minimum Gasteiger partial charge on any atom is -0.313 e. The molecule has 0 aliphatic rings. The van der Waals surface area contributed by atoms with E-state index in [4.69, 9.17) is 0 Å². The van der Waals surface area contributed by atoms with Crippen LogP contribution in [0.4, 0.5) is 0 Å². The summed E-state index contributed by atoms with van der Waals surface area (Å²) in [5, 5.41) is 8.23. The minimum absolute atomic E-state index is 0.608. The Balaban J connectivity index is 2.36. The summed E-state index contributed by atoms with van der Waals surface area (Å²) < 4.78 is 2.13. The maximum atomic E-state index is 4.22. The van der Waals surface area contributed by atoms with E-state index in [0.29, 0.717) is 5.92 Å². The van der Waals surface area contributed by atoms with E-state index in [2.05, 4.69) is 48.5 Å². The van der Waals surface area contributed by atoms with Crippen molar-refractivity contribution in [2.24, 2.45) is 5.92 Å². The van der Waals surface area contributed by atoms with Crippen LogP contribution in [0, 0.1) is 19.8 Å². The van der Waals surface area contributed by atoms with Gasteiger partial charge in [-0.15, -0.1) is 21.5 Å². The summed E-state index contributed by atoms with van der Waals surface area (Å²) in [6, 6.07) is 2.20. The number of aromatic nitrogens is 3. The fourth-order valence-electron chi connectivity index (χ4n) is 1.66. The molecule has 2 heterocycles. The van der Waals surface area contributed by atoms with E-state index in [0.717, 1.165) is 12.4 Å². The molecule has 0 radical (unpaired) electrons. The molecule has 86 valence electrons. The van der Waals surface area contributed by atoms with Gasteiger partial charge < -0.3 is 4.57 Å². The summed E-state index contributed by atoms with van der Waals surface area (Å²) in [6.07, 6.45) is 1.82. The molecular formula is C12H17N3S. The Morgan fingerprint density at radius 3 is 2.69 bits per heavy atom. The third kappa shape index (κ3) is 2.16. The van der Waals surface area contributed by atoms with E-state index >= 15 is 0 Å². The molecule has 0 aliphatic carbocycles. The first-order valence-corrected chi connectivity index (χ1v) is 6.34. The lowest BCUT2D eigenvalue weighted by Gasteiger charge is -2.07.